The third-order valence-electron chi connectivity index (χ3n) is 3.05. The summed E-state index contributed by atoms with van der Waals surface area (Å²) in [5.74, 6) is 1.54. The zero-order chi connectivity index (χ0) is 13.0. The Morgan fingerprint density at radius 1 is 1.44 bits per heavy atom. The highest BCUT2D eigenvalue weighted by molar-refractivity contribution is 5.43. The number of ether oxygens (including phenoxy) is 2. The summed E-state index contributed by atoms with van der Waals surface area (Å²) in [6.45, 7) is 6.57. The van der Waals surface area contributed by atoms with Gasteiger partial charge in [-0.1, -0.05) is 18.7 Å². The van der Waals surface area contributed by atoms with E-state index in [2.05, 4.69) is 18.0 Å². The fourth-order valence-corrected chi connectivity index (χ4v) is 1.72. The summed E-state index contributed by atoms with van der Waals surface area (Å²) in [5.41, 5.74) is 1.22. The predicted molar refractivity (Wildman–Crippen MR) is 73.1 cm³/mol. The molecule has 1 aromatic rings. The number of nitrogens with one attached hydrogen (secondary N) is 1. The van der Waals surface area contributed by atoms with Gasteiger partial charge in [0.15, 0.2) is 11.5 Å². The highest BCUT2D eigenvalue weighted by Crippen LogP contribution is 2.29. The molecular weight excluding hydrogens is 226 g/mol. The quantitative estimate of drug-likeness (QED) is 0.751. The van der Waals surface area contributed by atoms with Crippen molar-refractivity contribution < 1.29 is 9.47 Å². The molecule has 0 saturated heterocycles. The van der Waals surface area contributed by atoms with Crippen molar-refractivity contribution in [2.45, 2.75) is 38.5 Å². The van der Waals surface area contributed by atoms with E-state index in [1.165, 1.54) is 18.4 Å². The molecule has 1 aliphatic carbocycles. The zero-order valence-electron chi connectivity index (χ0n) is 11.1. The van der Waals surface area contributed by atoms with Gasteiger partial charge in [0, 0.05) is 12.6 Å². The van der Waals surface area contributed by atoms with Gasteiger partial charge in [0.2, 0.25) is 0 Å². The molecule has 1 N–H and O–H groups in total. The number of methoxy groups -OCH3 is 1. The van der Waals surface area contributed by atoms with Crippen LogP contribution in [0.2, 0.25) is 0 Å². The standard InChI is InChI=1S/C15H21NO2/c1-4-11(2)18-15-9-12(5-8-14(15)17-3)10-16-13-6-7-13/h4-5,8-9,11,13,16H,1,6-7,10H2,2-3H3. The molecule has 1 fully saturated rings. The van der Waals surface area contributed by atoms with E-state index in [4.69, 9.17) is 9.47 Å². The number of rotatable bonds is 7. The lowest BCUT2D eigenvalue weighted by Crippen LogP contribution is -2.15. The van der Waals surface area contributed by atoms with Gasteiger partial charge in [-0.05, 0) is 37.5 Å². The summed E-state index contributed by atoms with van der Waals surface area (Å²) in [5, 5.41) is 3.49. The largest absolute Gasteiger partial charge is 0.493 e. The van der Waals surface area contributed by atoms with E-state index in [1.54, 1.807) is 13.2 Å². The summed E-state index contributed by atoms with van der Waals surface area (Å²) in [6, 6.07) is 6.77. The summed E-state index contributed by atoms with van der Waals surface area (Å²) >= 11 is 0. The monoisotopic (exact) mass is 247 g/mol. The minimum absolute atomic E-state index is 0.0226. The van der Waals surface area contributed by atoms with Crippen molar-refractivity contribution in [3.8, 4) is 11.5 Å². The van der Waals surface area contributed by atoms with E-state index >= 15 is 0 Å². The number of hydrogen-bond donors (Lipinski definition) is 1. The maximum Gasteiger partial charge on any atom is 0.162 e. The summed E-state index contributed by atoms with van der Waals surface area (Å²) in [6.07, 6.45) is 4.35. The van der Waals surface area contributed by atoms with Gasteiger partial charge in [-0.3, -0.25) is 0 Å². The van der Waals surface area contributed by atoms with E-state index < -0.39 is 0 Å². The third-order valence-corrected chi connectivity index (χ3v) is 3.05. The molecule has 3 nitrogen and oxygen atoms in total. The molecule has 1 unspecified atom stereocenters. The van der Waals surface area contributed by atoms with Crippen LogP contribution in [0.25, 0.3) is 0 Å². The van der Waals surface area contributed by atoms with Crippen molar-refractivity contribution in [1.82, 2.24) is 5.32 Å². The molecule has 0 heterocycles. The van der Waals surface area contributed by atoms with Crippen molar-refractivity contribution in [1.29, 1.82) is 0 Å². The highest BCUT2D eigenvalue weighted by atomic mass is 16.5. The van der Waals surface area contributed by atoms with Gasteiger partial charge in [-0.25, -0.2) is 0 Å². The lowest BCUT2D eigenvalue weighted by Gasteiger charge is -2.15. The molecule has 2 rings (SSSR count). The number of benzene rings is 1. The average molecular weight is 247 g/mol. The van der Waals surface area contributed by atoms with Crippen molar-refractivity contribution in [3.05, 3.63) is 36.4 Å². The van der Waals surface area contributed by atoms with Crippen LogP contribution in [0.15, 0.2) is 30.9 Å². The van der Waals surface area contributed by atoms with Crippen LogP contribution in [-0.2, 0) is 6.54 Å². The molecule has 0 spiro atoms. The molecule has 1 saturated carbocycles. The topological polar surface area (TPSA) is 30.5 Å². The Labute approximate surface area is 109 Å². The van der Waals surface area contributed by atoms with E-state index in [9.17, 15) is 0 Å². The average Bonchev–Trinajstić information content (AvgIpc) is 3.20. The fraction of sp³-hybridized carbons (Fsp3) is 0.467. The smallest absolute Gasteiger partial charge is 0.162 e. The van der Waals surface area contributed by atoms with Crippen molar-refractivity contribution >= 4 is 0 Å². The van der Waals surface area contributed by atoms with Crippen molar-refractivity contribution in [2.75, 3.05) is 7.11 Å². The minimum atomic E-state index is -0.0226. The molecule has 0 aromatic heterocycles. The van der Waals surface area contributed by atoms with Crippen LogP contribution in [0.5, 0.6) is 11.5 Å². The molecule has 0 bridgehead atoms. The molecule has 3 heteroatoms. The Hall–Kier alpha value is -1.48. The van der Waals surface area contributed by atoms with Gasteiger partial charge >= 0.3 is 0 Å². The van der Waals surface area contributed by atoms with E-state index in [0.29, 0.717) is 6.04 Å². The molecule has 1 aromatic carbocycles. The van der Waals surface area contributed by atoms with Crippen LogP contribution in [0, 0.1) is 0 Å². The van der Waals surface area contributed by atoms with Gasteiger partial charge in [-0.15, -0.1) is 0 Å². The Morgan fingerprint density at radius 3 is 2.83 bits per heavy atom. The fourth-order valence-electron chi connectivity index (χ4n) is 1.72. The van der Waals surface area contributed by atoms with Crippen LogP contribution in [0.1, 0.15) is 25.3 Å². The second-order valence-electron chi connectivity index (χ2n) is 4.70. The van der Waals surface area contributed by atoms with Gasteiger partial charge in [0.1, 0.15) is 6.10 Å². The molecule has 1 atom stereocenters. The van der Waals surface area contributed by atoms with Gasteiger partial charge in [0.05, 0.1) is 7.11 Å². The minimum Gasteiger partial charge on any atom is -0.493 e. The first-order valence-corrected chi connectivity index (χ1v) is 6.42. The first kappa shape index (κ1) is 13.0. The second kappa shape index (κ2) is 5.91. The Morgan fingerprint density at radius 2 is 2.22 bits per heavy atom. The summed E-state index contributed by atoms with van der Waals surface area (Å²) in [4.78, 5) is 0. The van der Waals surface area contributed by atoms with Crippen LogP contribution < -0.4 is 14.8 Å². The number of hydrogen-bond acceptors (Lipinski definition) is 3. The van der Waals surface area contributed by atoms with Crippen LogP contribution in [0.4, 0.5) is 0 Å². The van der Waals surface area contributed by atoms with E-state index in [0.717, 1.165) is 18.0 Å². The molecule has 0 amide bonds. The zero-order valence-corrected chi connectivity index (χ0v) is 11.1. The molecule has 0 aliphatic heterocycles. The lowest BCUT2D eigenvalue weighted by molar-refractivity contribution is 0.254. The highest BCUT2D eigenvalue weighted by Gasteiger charge is 2.20. The predicted octanol–water partition coefficient (Wildman–Crippen LogP) is 2.90. The first-order chi connectivity index (χ1) is 8.72. The molecule has 98 valence electrons. The maximum atomic E-state index is 5.78. The van der Waals surface area contributed by atoms with Crippen LogP contribution >= 0.6 is 0 Å². The van der Waals surface area contributed by atoms with E-state index in [-0.39, 0.29) is 6.10 Å². The SMILES string of the molecule is C=CC(C)Oc1cc(CNC2CC2)ccc1OC. The third kappa shape index (κ3) is 3.50. The van der Waals surface area contributed by atoms with Gasteiger partial charge < -0.3 is 14.8 Å². The lowest BCUT2D eigenvalue weighted by atomic mass is 10.2. The van der Waals surface area contributed by atoms with Gasteiger partial charge in [-0.2, -0.15) is 0 Å². The Kier molecular flexibility index (Phi) is 4.26. The molecule has 0 radical (unpaired) electrons. The van der Waals surface area contributed by atoms with Crippen LogP contribution in [0.3, 0.4) is 0 Å². The second-order valence-corrected chi connectivity index (χ2v) is 4.70. The maximum absolute atomic E-state index is 5.78. The summed E-state index contributed by atoms with van der Waals surface area (Å²) < 4.78 is 11.1. The van der Waals surface area contributed by atoms with Crippen molar-refractivity contribution in [3.63, 3.8) is 0 Å². The molecule has 1 aliphatic rings. The van der Waals surface area contributed by atoms with Crippen molar-refractivity contribution in [2.24, 2.45) is 0 Å². The summed E-state index contributed by atoms with van der Waals surface area (Å²) in [7, 11) is 1.66. The van der Waals surface area contributed by atoms with Gasteiger partial charge in [0.25, 0.3) is 0 Å². The molecule has 18 heavy (non-hydrogen) atoms. The van der Waals surface area contributed by atoms with E-state index in [1.807, 2.05) is 19.1 Å². The Balaban J connectivity index is 2.06. The Bertz CT molecular complexity index is 413. The van der Waals surface area contributed by atoms with Crippen LogP contribution in [-0.4, -0.2) is 19.3 Å². The molecular formula is C15H21NO2. The first-order valence-electron chi connectivity index (χ1n) is 6.42. The normalized spacial score (nSPS) is 16.1.